The zero-order chi connectivity index (χ0) is 20.0. The van der Waals surface area contributed by atoms with Gasteiger partial charge in [0.25, 0.3) is 5.91 Å². The SMILES string of the molecule is COc1c(C)cccc1C(=O)NC(=S)Nc1cccc(NC(=O)C(C)C)c1. The third-order valence-corrected chi connectivity index (χ3v) is 4.00. The number of nitrogens with one attached hydrogen (secondary N) is 3. The molecule has 0 saturated carbocycles. The highest BCUT2D eigenvalue weighted by molar-refractivity contribution is 7.80. The van der Waals surface area contributed by atoms with Crippen LogP contribution in [0.1, 0.15) is 29.8 Å². The number of methoxy groups -OCH3 is 1. The van der Waals surface area contributed by atoms with E-state index >= 15 is 0 Å². The monoisotopic (exact) mass is 385 g/mol. The van der Waals surface area contributed by atoms with Gasteiger partial charge in [0.1, 0.15) is 5.75 Å². The summed E-state index contributed by atoms with van der Waals surface area (Å²) >= 11 is 5.23. The molecule has 0 atom stereocenters. The molecule has 0 bridgehead atoms. The van der Waals surface area contributed by atoms with Crippen molar-refractivity contribution in [2.24, 2.45) is 5.92 Å². The van der Waals surface area contributed by atoms with E-state index in [9.17, 15) is 9.59 Å². The van der Waals surface area contributed by atoms with Crippen molar-refractivity contribution in [2.45, 2.75) is 20.8 Å². The van der Waals surface area contributed by atoms with E-state index in [2.05, 4.69) is 16.0 Å². The second-order valence-corrected chi connectivity index (χ2v) is 6.70. The number of ether oxygens (including phenoxy) is 1. The number of aryl methyl sites for hydroxylation is 1. The molecule has 2 rings (SSSR count). The number of carbonyl (C=O) groups excluding carboxylic acids is 2. The maximum atomic E-state index is 12.5. The lowest BCUT2D eigenvalue weighted by Crippen LogP contribution is -2.34. The van der Waals surface area contributed by atoms with Crippen LogP contribution in [0.15, 0.2) is 42.5 Å². The Morgan fingerprint density at radius 2 is 1.67 bits per heavy atom. The summed E-state index contributed by atoms with van der Waals surface area (Å²) in [5.74, 6) is -0.0469. The lowest BCUT2D eigenvalue weighted by atomic mass is 10.1. The Balaban J connectivity index is 2.05. The molecule has 27 heavy (non-hydrogen) atoms. The average Bonchev–Trinajstić information content (AvgIpc) is 2.61. The molecule has 7 heteroatoms. The quantitative estimate of drug-likeness (QED) is 0.684. The van der Waals surface area contributed by atoms with Crippen molar-refractivity contribution in [3.63, 3.8) is 0 Å². The van der Waals surface area contributed by atoms with Gasteiger partial charge in [-0.1, -0.05) is 32.0 Å². The fourth-order valence-electron chi connectivity index (χ4n) is 2.40. The maximum Gasteiger partial charge on any atom is 0.261 e. The van der Waals surface area contributed by atoms with Crippen molar-refractivity contribution in [1.82, 2.24) is 5.32 Å². The third-order valence-electron chi connectivity index (χ3n) is 3.80. The second-order valence-electron chi connectivity index (χ2n) is 6.29. The molecule has 6 nitrogen and oxygen atoms in total. The Bertz CT molecular complexity index is 865. The first-order chi connectivity index (χ1) is 12.8. The predicted molar refractivity (Wildman–Crippen MR) is 111 cm³/mol. The highest BCUT2D eigenvalue weighted by atomic mass is 32.1. The molecule has 0 fully saturated rings. The summed E-state index contributed by atoms with van der Waals surface area (Å²) in [4.78, 5) is 24.3. The van der Waals surface area contributed by atoms with E-state index in [1.807, 2.05) is 26.8 Å². The third kappa shape index (κ3) is 5.52. The lowest BCUT2D eigenvalue weighted by Gasteiger charge is -2.14. The molecule has 2 amide bonds. The Morgan fingerprint density at radius 3 is 2.30 bits per heavy atom. The number of hydrogen-bond acceptors (Lipinski definition) is 4. The first-order valence-corrected chi connectivity index (χ1v) is 8.89. The minimum atomic E-state index is -0.364. The smallest absolute Gasteiger partial charge is 0.261 e. The lowest BCUT2D eigenvalue weighted by molar-refractivity contribution is -0.118. The molecule has 0 aliphatic carbocycles. The van der Waals surface area contributed by atoms with Crippen LogP contribution >= 0.6 is 12.2 Å². The topological polar surface area (TPSA) is 79.5 Å². The normalized spacial score (nSPS) is 10.3. The fraction of sp³-hybridized carbons (Fsp3) is 0.250. The van der Waals surface area contributed by atoms with Gasteiger partial charge in [-0.15, -0.1) is 0 Å². The van der Waals surface area contributed by atoms with Crippen LogP contribution in [0.4, 0.5) is 11.4 Å². The van der Waals surface area contributed by atoms with E-state index in [1.165, 1.54) is 7.11 Å². The summed E-state index contributed by atoms with van der Waals surface area (Å²) in [6.07, 6.45) is 0. The molecule has 142 valence electrons. The Hall–Kier alpha value is -2.93. The van der Waals surface area contributed by atoms with Gasteiger partial charge in [0.15, 0.2) is 5.11 Å². The van der Waals surface area contributed by atoms with E-state index in [0.29, 0.717) is 22.7 Å². The molecular weight excluding hydrogens is 362 g/mol. The standard InChI is InChI=1S/C20H23N3O3S/c1-12(2)18(24)21-14-8-6-9-15(11-14)22-20(27)23-19(25)16-10-5-7-13(3)17(16)26-4/h5-12H,1-4H3,(H,21,24)(H2,22,23,25,27). The minimum Gasteiger partial charge on any atom is -0.496 e. The summed E-state index contributed by atoms with van der Waals surface area (Å²) in [7, 11) is 1.52. The molecule has 0 unspecified atom stereocenters. The Labute approximate surface area is 164 Å². The number of hydrogen-bond donors (Lipinski definition) is 3. The number of rotatable bonds is 5. The van der Waals surface area contributed by atoms with Crippen LogP contribution in [-0.2, 0) is 4.79 Å². The van der Waals surface area contributed by atoms with Gasteiger partial charge < -0.3 is 15.4 Å². The minimum absolute atomic E-state index is 0.0745. The molecule has 3 N–H and O–H groups in total. The van der Waals surface area contributed by atoms with Gasteiger partial charge in [0.05, 0.1) is 12.7 Å². The van der Waals surface area contributed by atoms with Crippen molar-refractivity contribution in [1.29, 1.82) is 0 Å². The van der Waals surface area contributed by atoms with E-state index < -0.39 is 0 Å². The van der Waals surface area contributed by atoms with Gasteiger partial charge in [-0.2, -0.15) is 0 Å². The Morgan fingerprint density at radius 1 is 1.04 bits per heavy atom. The van der Waals surface area contributed by atoms with Gasteiger partial charge in [-0.05, 0) is 49.0 Å². The number of amides is 2. The molecule has 0 radical (unpaired) electrons. The first-order valence-electron chi connectivity index (χ1n) is 8.48. The van der Waals surface area contributed by atoms with Gasteiger partial charge in [-0.3, -0.25) is 14.9 Å². The molecule has 0 aliphatic heterocycles. The van der Waals surface area contributed by atoms with Crippen molar-refractivity contribution in [2.75, 3.05) is 17.7 Å². The molecule has 0 spiro atoms. The summed E-state index contributed by atoms with van der Waals surface area (Å²) in [5, 5.41) is 8.55. The second kappa shape index (κ2) is 9.14. The summed E-state index contributed by atoms with van der Waals surface area (Å²) in [5.41, 5.74) is 2.56. The van der Waals surface area contributed by atoms with Crippen LogP contribution in [0.3, 0.4) is 0 Å². The van der Waals surface area contributed by atoms with E-state index in [0.717, 1.165) is 5.56 Å². The summed E-state index contributed by atoms with van der Waals surface area (Å²) in [6.45, 7) is 5.51. The van der Waals surface area contributed by atoms with Gasteiger partial charge in [0, 0.05) is 17.3 Å². The number of carbonyl (C=O) groups is 2. The number of thiocarbonyl (C=S) groups is 1. The van der Waals surface area contributed by atoms with Crippen LogP contribution in [-0.4, -0.2) is 24.0 Å². The summed E-state index contributed by atoms with van der Waals surface area (Å²) < 4.78 is 5.30. The fourth-order valence-corrected chi connectivity index (χ4v) is 2.61. The van der Waals surface area contributed by atoms with Crippen LogP contribution in [0.2, 0.25) is 0 Å². The zero-order valence-corrected chi connectivity index (χ0v) is 16.6. The largest absolute Gasteiger partial charge is 0.496 e. The van der Waals surface area contributed by atoms with Crippen molar-refractivity contribution < 1.29 is 14.3 Å². The maximum absolute atomic E-state index is 12.5. The molecule has 2 aromatic carbocycles. The highest BCUT2D eigenvalue weighted by Crippen LogP contribution is 2.23. The summed E-state index contributed by atoms with van der Waals surface area (Å²) in [6, 6.07) is 12.4. The van der Waals surface area contributed by atoms with E-state index in [-0.39, 0.29) is 22.8 Å². The van der Waals surface area contributed by atoms with E-state index in [1.54, 1.807) is 36.4 Å². The molecule has 0 saturated heterocycles. The van der Waals surface area contributed by atoms with Crippen LogP contribution in [0, 0.1) is 12.8 Å². The number of anilines is 2. The molecule has 0 heterocycles. The van der Waals surface area contributed by atoms with Crippen molar-refractivity contribution in [3.8, 4) is 5.75 Å². The Kier molecular flexibility index (Phi) is 6.90. The molecule has 2 aromatic rings. The van der Waals surface area contributed by atoms with Crippen LogP contribution in [0.5, 0.6) is 5.75 Å². The van der Waals surface area contributed by atoms with Crippen LogP contribution in [0.25, 0.3) is 0 Å². The number of para-hydroxylation sites is 1. The predicted octanol–water partition coefficient (Wildman–Crippen LogP) is 3.72. The van der Waals surface area contributed by atoms with E-state index in [4.69, 9.17) is 17.0 Å². The van der Waals surface area contributed by atoms with Gasteiger partial charge >= 0.3 is 0 Å². The zero-order valence-electron chi connectivity index (χ0n) is 15.8. The average molecular weight is 385 g/mol. The van der Waals surface area contributed by atoms with Gasteiger partial charge in [-0.25, -0.2) is 0 Å². The highest BCUT2D eigenvalue weighted by Gasteiger charge is 2.15. The van der Waals surface area contributed by atoms with Crippen molar-refractivity contribution in [3.05, 3.63) is 53.6 Å². The van der Waals surface area contributed by atoms with Crippen molar-refractivity contribution >= 4 is 40.5 Å². The first kappa shape index (κ1) is 20.4. The molecule has 0 aromatic heterocycles. The van der Waals surface area contributed by atoms with Crippen LogP contribution < -0.4 is 20.7 Å². The molecular formula is C20H23N3O3S. The molecule has 0 aliphatic rings. The number of benzene rings is 2. The van der Waals surface area contributed by atoms with Gasteiger partial charge in [0.2, 0.25) is 5.91 Å².